The Morgan fingerprint density at radius 2 is 1.67 bits per heavy atom. The van der Waals surface area contributed by atoms with Crippen LogP contribution in [0, 0.1) is 0 Å². The van der Waals surface area contributed by atoms with Gasteiger partial charge in [-0.25, -0.2) is 0 Å². The van der Waals surface area contributed by atoms with E-state index in [0.29, 0.717) is 16.3 Å². The summed E-state index contributed by atoms with van der Waals surface area (Å²) in [5.41, 5.74) is 0.982. The van der Waals surface area contributed by atoms with Crippen LogP contribution < -0.4 is 19.7 Å². The van der Waals surface area contributed by atoms with Gasteiger partial charge in [-0.15, -0.1) is 0 Å². The third-order valence-corrected chi connectivity index (χ3v) is 4.96. The number of hydrogen-bond donors (Lipinski definition) is 1. The Kier molecular flexibility index (Phi) is 7.20. The van der Waals surface area contributed by atoms with E-state index in [1.54, 1.807) is 41.2 Å². The zero-order chi connectivity index (χ0) is 21.7. The Hall–Kier alpha value is -2.74. The van der Waals surface area contributed by atoms with Crippen LogP contribution in [0.5, 0.6) is 5.75 Å². The minimum atomic E-state index is -2.91. The highest BCUT2D eigenvalue weighted by molar-refractivity contribution is 7.81. The van der Waals surface area contributed by atoms with Gasteiger partial charge in [-0.3, -0.25) is 0 Å². The summed E-state index contributed by atoms with van der Waals surface area (Å²) >= 11 is 17.5. The minimum absolute atomic E-state index is 0.00925. The molecule has 0 spiro atoms. The third kappa shape index (κ3) is 5.44. The monoisotopic (exact) mass is 466 g/mol. The minimum Gasteiger partial charge on any atom is -0.867 e. The number of hydrogen-bond acceptors (Lipinski definition) is 3. The lowest BCUT2D eigenvalue weighted by Gasteiger charge is -2.17. The molecular formula is C21H14Cl2F2N2O2S. The molecule has 154 valence electrons. The second-order valence-corrected chi connectivity index (χ2v) is 7.17. The van der Waals surface area contributed by atoms with Crippen LogP contribution in [0.25, 0.3) is 11.5 Å². The van der Waals surface area contributed by atoms with Gasteiger partial charge < -0.3 is 15.2 Å². The van der Waals surface area contributed by atoms with E-state index in [9.17, 15) is 13.9 Å². The van der Waals surface area contributed by atoms with Gasteiger partial charge in [-0.1, -0.05) is 47.6 Å². The van der Waals surface area contributed by atoms with Gasteiger partial charge in [0.15, 0.2) is 17.4 Å². The molecule has 4 nitrogen and oxygen atoms in total. The van der Waals surface area contributed by atoms with Crippen molar-refractivity contribution in [2.24, 2.45) is 0 Å². The first-order chi connectivity index (χ1) is 14.3. The quantitative estimate of drug-likeness (QED) is 0.240. The summed E-state index contributed by atoms with van der Waals surface area (Å²) in [6.45, 7) is -2.91. The van der Waals surface area contributed by atoms with E-state index in [2.05, 4.69) is 10.1 Å². The fraction of sp³-hybridized carbons (Fsp3) is 0.0476. The standard InChI is InChI=1S/C21H14Cl2F2N2O2S/c22-16-9-4-13(12-17(16)23)19(28)18(27-10-2-1-3-11-27)20(30)26-14-5-7-15(8-6-14)29-21(24)25/h1-12,21H,(H-,26,28,30). The van der Waals surface area contributed by atoms with Crippen LogP contribution in [0.1, 0.15) is 5.56 Å². The molecule has 3 rings (SSSR count). The van der Waals surface area contributed by atoms with Gasteiger partial charge in [0.05, 0.1) is 10.0 Å². The molecule has 0 atom stereocenters. The van der Waals surface area contributed by atoms with Crippen LogP contribution in [0.4, 0.5) is 14.5 Å². The molecule has 3 aromatic rings. The van der Waals surface area contributed by atoms with Crippen molar-refractivity contribution in [1.29, 1.82) is 0 Å². The molecule has 0 saturated carbocycles. The van der Waals surface area contributed by atoms with E-state index in [4.69, 9.17) is 35.4 Å². The van der Waals surface area contributed by atoms with Gasteiger partial charge >= 0.3 is 6.61 Å². The Bertz CT molecular complexity index is 1080. The zero-order valence-electron chi connectivity index (χ0n) is 15.2. The number of halogens is 4. The fourth-order valence-corrected chi connectivity index (χ4v) is 3.18. The van der Waals surface area contributed by atoms with Crippen LogP contribution in [0.3, 0.4) is 0 Å². The molecule has 2 aromatic carbocycles. The van der Waals surface area contributed by atoms with Gasteiger partial charge in [0, 0.05) is 17.8 Å². The first kappa shape index (κ1) is 22.0. The molecule has 1 heterocycles. The number of nitrogens with one attached hydrogen (secondary N) is 1. The molecule has 1 aromatic heterocycles. The Morgan fingerprint density at radius 1 is 1.00 bits per heavy atom. The topological polar surface area (TPSA) is 48.2 Å². The largest absolute Gasteiger partial charge is 0.867 e. The number of aromatic nitrogens is 1. The van der Waals surface area contributed by atoms with Gasteiger partial charge in [0.1, 0.15) is 5.75 Å². The lowest BCUT2D eigenvalue weighted by molar-refractivity contribution is -0.577. The number of alkyl halides is 2. The third-order valence-electron chi connectivity index (χ3n) is 3.92. The average Bonchev–Trinajstić information content (AvgIpc) is 2.72. The van der Waals surface area contributed by atoms with Crippen molar-refractivity contribution in [1.82, 2.24) is 0 Å². The van der Waals surface area contributed by atoms with Crippen molar-refractivity contribution in [3.8, 4) is 5.75 Å². The lowest BCUT2D eigenvalue weighted by atomic mass is 10.1. The summed E-state index contributed by atoms with van der Waals surface area (Å²) in [6, 6.07) is 15.6. The van der Waals surface area contributed by atoms with Crippen LogP contribution in [0.15, 0.2) is 73.1 Å². The molecule has 0 bridgehead atoms. The highest BCUT2D eigenvalue weighted by atomic mass is 35.5. The highest BCUT2D eigenvalue weighted by Gasteiger charge is 2.19. The van der Waals surface area contributed by atoms with Crippen LogP contribution in [-0.4, -0.2) is 11.6 Å². The maximum absolute atomic E-state index is 13.2. The van der Waals surface area contributed by atoms with Crippen molar-refractivity contribution >= 4 is 57.6 Å². The van der Waals surface area contributed by atoms with E-state index >= 15 is 0 Å². The van der Waals surface area contributed by atoms with Crippen molar-refractivity contribution in [2.75, 3.05) is 5.32 Å². The molecule has 0 saturated heterocycles. The van der Waals surface area contributed by atoms with Crippen molar-refractivity contribution in [3.05, 3.63) is 88.7 Å². The number of pyridine rings is 1. The maximum Gasteiger partial charge on any atom is 0.387 e. The average molecular weight is 467 g/mol. The first-order valence-electron chi connectivity index (χ1n) is 8.55. The summed E-state index contributed by atoms with van der Waals surface area (Å²) in [6.07, 6.45) is 3.36. The smallest absolute Gasteiger partial charge is 0.387 e. The molecule has 0 aliphatic rings. The van der Waals surface area contributed by atoms with E-state index in [1.165, 1.54) is 36.4 Å². The molecule has 30 heavy (non-hydrogen) atoms. The molecule has 0 amide bonds. The summed E-state index contributed by atoms with van der Waals surface area (Å²) in [5, 5.41) is 16.7. The second-order valence-electron chi connectivity index (χ2n) is 5.95. The number of ether oxygens (including phenoxy) is 1. The van der Waals surface area contributed by atoms with Crippen LogP contribution in [0.2, 0.25) is 10.0 Å². The SMILES string of the molecule is [O-]/C(=C(\C(=S)Nc1ccc(OC(F)F)cc1)[n+]1ccccc1)c1ccc(Cl)c(Cl)c1. The molecule has 0 unspecified atom stereocenters. The Morgan fingerprint density at radius 3 is 2.27 bits per heavy atom. The molecule has 0 fully saturated rings. The molecule has 9 heteroatoms. The van der Waals surface area contributed by atoms with Crippen molar-refractivity contribution < 1.29 is 23.2 Å². The zero-order valence-corrected chi connectivity index (χ0v) is 17.5. The second kappa shape index (κ2) is 9.84. The fourth-order valence-electron chi connectivity index (χ4n) is 2.57. The predicted octanol–water partition coefficient (Wildman–Crippen LogP) is 5.01. The van der Waals surface area contributed by atoms with E-state index in [0.717, 1.165) is 0 Å². The lowest BCUT2D eigenvalue weighted by Crippen LogP contribution is -2.39. The normalized spacial score (nSPS) is 11.8. The number of anilines is 1. The number of thiocarbonyl (C=S) groups is 1. The van der Waals surface area contributed by atoms with Crippen molar-refractivity contribution in [3.63, 3.8) is 0 Å². The molecule has 0 aliphatic heterocycles. The number of rotatable bonds is 6. The van der Waals surface area contributed by atoms with Gasteiger partial charge in [-0.2, -0.15) is 13.3 Å². The van der Waals surface area contributed by atoms with E-state index in [1.807, 2.05) is 0 Å². The van der Waals surface area contributed by atoms with Crippen molar-refractivity contribution in [2.45, 2.75) is 6.61 Å². The van der Waals surface area contributed by atoms with E-state index in [-0.39, 0.29) is 27.2 Å². The van der Waals surface area contributed by atoms with Crippen LogP contribution in [-0.2, 0) is 0 Å². The Balaban J connectivity index is 1.96. The predicted molar refractivity (Wildman–Crippen MR) is 116 cm³/mol. The summed E-state index contributed by atoms with van der Waals surface area (Å²) in [4.78, 5) is 0.129. The van der Waals surface area contributed by atoms with Gasteiger partial charge in [-0.05, 0) is 47.7 Å². The van der Waals surface area contributed by atoms with Gasteiger partial charge in [0.2, 0.25) is 5.70 Å². The summed E-state index contributed by atoms with van der Waals surface area (Å²) in [7, 11) is 0. The number of nitrogens with zero attached hydrogens (tertiary/aromatic N) is 1. The molecule has 0 aliphatic carbocycles. The first-order valence-corrected chi connectivity index (χ1v) is 9.71. The highest BCUT2D eigenvalue weighted by Crippen LogP contribution is 2.26. The van der Waals surface area contributed by atoms with E-state index < -0.39 is 6.61 Å². The summed E-state index contributed by atoms with van der Waals surface area (Å²) in [5.74, 6) is -0.366. The summed E-state index contributed by atoms with van der Waals surface area (Å²) < 4.78 is 30.5. The Labute approximate surface area is 186 Å². The molecule has 0 radical (unpaired) electrons. The van der Waals surface area contributed by atoms with Gasteiger partial charge in [0.25, 0.3) is 0 Å². The molecule has 1 N–H and O–H groups in total. The number of benzene rings is 2. The van der Waals surface area contributed by atoms with Crippen LogP contribution >= 0.6 is 35.4 Å². The maximum atomic E-state index is 13.2. The molecular weight excluding hydrogens is 453 g/mol.